The summed E-state index contributed by atoms with van der Waals surface area (Å²) in [5.74, 6) is -0.265. The number of aryl methyl sites for hydroxylation is 2. The van der Waals surface area contributed by atoms with Gasteiger partial charge >= 0.3 is 0 Å². The molecule has 1 aromatic carbocycles. The second-order valence-corrected chi connectivity index (χ2v) is 7.31. The van der Waals surface area contributed by atoms with E-state index in [0.717, 1.165) is 9.26 Å². The minimum atomic E-state index is -0.311. The van der Waals surface area contributed by atoms with Crippen LogP contribution in [0.5, 0.6) is 0 Å². The number of hydrogen-bond donors (Lipinski definition) is 1. The Labute approximate surface area is 168 Å². The van der Waals surface area contributed by atoms with E-state index in [1.807, 2.05) is 13.1 Å². The maximum atomic E-state index is 13.7. The van der Waals surface area contributed by atoms with Crippen molar-refractivity contribution in [2.75, 3.05) is 5.32 Å². The molecule has 0 radical (unpaired) electrons. The van der Waals surface area contributed by atoms with Gasteiger partial charge in [0.25, 0.3) is 0 Å². The molecule has 1 amide bonds. The molecule has 0 aliphatic carbocycles. The molecule has 9 heteroatoms. The van der Waals surface area contributed by atoms with Crippen molar-refractivity contribution in [2.24, 2.45) is 0 Å². The smallest absolute Gasteiger partial charge is 0.227 e. The number of aromatic nitrogens is 4. The first-order valence-electron chi connectivity index (χ1n) is 7.88. The van der Waals surface area contributed by atoms with Crippen LogP contribution in [0.25, 0.3) is 0 Å². The first-order valence-corrected chi connectivity index (χ1v) is 9.34. The average molecular weight is 488 g/mol. The second-order valence-electron chi connectivity index (χ2n) is 5.74. The van der Waals surface area contributed by atoms with Gasteiger partial charge in [0.1, 0.15) is 10.8 Å². The Bertz CT molecular complexity index is 920. The van der Waals surface area contributed by atoms with Crippen molar-refractivity contribution in [1.29, 1.82) is 0 Å². The van der Waals surface area contributed by atoms with E-state index in [1.165, 1.54) is 10.7 Å². The highest BCUT2D eigenvalue weighted by molar-refractivity contribution is 14.1. The van der Waals surface area contributed by atoms with Gasteiger partial charge in [0.15, 0.2) is 5.82 Å². The fourth-order valence-corrected chi connectivity index (χ4v) is 3.01. The van der Waals surface area contributed by atoms with Crippen LogP contribution in [-0.4, -0.2) is 25.5 Å². The Hall–Kier alpha value is -1.94. The van der Waals surface area contributed by atoms with Crippen molar-refractivity contribution >= 4 is 45.9 Å². The van der Waals surface area contributed by atoms with Crippen LogP contribution >= 0.6 is 34.2 Å². The number of carbonyl (C=O) groups is 1. The molecule has 3 aromatic rings. The molecule has 136 valence electrons. The summed E-state index contributed by atoms with van der Waals surface area (Å²) in [6.07, 6.45) is 3.69. The molecule has 1 N–H and O–H groups in total. The molecule has 6 nitrogen and oxygen atoms in total. The van der Waals surface area contributed by atoms with Gasteiger partial charge in [0, 0.05) is 30.9 Å². The largest absolute Gasteiger partial charge is 0.308 e. The molecule has 2 aromatic heterocycles. The van der Waals surface area contributed by atoms with E-state index < -0.39 is 0 Å². The Morgan fingerprint density at radius 1 is 1.27 bits per heavy atom. The molecule has 0 fully saturated rings. The first-order chi connectivity index (χ1) is 12.4. The van der Waals surface area contributed by atoms with E-state index in [4.69, 9.17) is 11.6 Å². The van der Waals surface area contributed by atoms with Crippen LogP contribution in [0.2, 0.25) is 5.02 Å². The van der Waals surface area contributed by atoms with Crippen molar-refractivity contribution in [3.05, 3.63) is 62.3 Å². The number of nitrogens with zero attached hydrogens (tertiary/aromatic N) is 4. The van der Waals surface area contributed by atoms with Crippen molar-refractivity contribution in [3.63, 3.8) is 0 Å². The topological polar surface area (TPSA) is 64.7 Å². The van der Waals surface area contributed by atoms with Gasteiger partial charge in [-0.25, -0.2) is 4.39 Å². The number of anilines is 1. The van der Waals surface area contributed by atoms with Gasteiger partial charge in [-0.2, -0.15) is 10.2 Å². The van der Waals surface area contributed by atoms with Crippen LogP contribution in [0.1, 0.15) is 17.7 Å². The van der Waals surface area contributed by atoms with Crippen molar-refractivity contribution in [2.45, 2.75) is 26.4 Å². The average Bonchev–Trinajstić information content (AvgIpc) is 3.10. The lowest BCUT2D eigenvalue weighted by molar-refractivity contribution is -0.116. The molecule has 0 atom stereocenters. The zero-order chi connectivity index (χ0) is 18.7. The number of nitrogens with one attached hydrogen (secondary N) is 1. The summed E-state index contributed by atoms with van der Waals surface area (Å²) >= 11 is 8.32. The normalized spacial score (nSPS) is 10.9. The molecule has 0 saturated carbocycles. The minimum absolute atomic E-state index is 0.216. The highest BCUT2D eigenvalue weighted by atomic mass is 127. The lowest BCUT2D eigenvalue weighted by Gasteiger charge is -2.04. The van der Waals surface area contributed by atoms with E-state index in [0.29, 0.717) is 17.1 Å². The van der Waals surface area contributed by atoms with E-state index in [-0.39, 0.29) is 30.5 Å². The van der Waals surface area contributed by atoms with Gasteiger partial charge in [0.2, 0.25) is 5.91 Å². The Kier molecular flexibility index (Phi) is 5.92. The van der Waals surface area contributed by atoms with E-state index in [1.54, 1.807) is 29.1 Å². The molecule has 0 bridgehead atoms. The molecular formula is C17H16ClFIN5O. The maximum absolute atomic E-state index is 13.7. The van der Waals surface area contributed by atoms with Crippen LogP contribution in [0.4, 0.5) is 10.2 Å². The lowest BCUT2D eigenvalue weighted by Crippen LogP contribution is -2.15. The van der Waals surface area contributed by atoms with Crippen molar-refractivity contribution in [3.8, 4) is 0 Å². The highest BCUT2D eigenvalue weighted by Crippen LogP contribution is 2.21. The van der Waals surface area contributed by atoms with Crippen LogP contribution in [-0.2, 0) is 17.9 Å². The first kappa shape index (κ1) is 18.8. The summed E-state index contributed by atoms with van der Waals surface area (Å²) in [7, 11) is 0. The number of halogens is 3. The minimum Gasteiger partial charge on any atom is -0.308 e. The van der Waals surface area contributed by atoms with Gasteiger partial charge in [-0.15, -0.1) is 0 Å². The van der Waals surface area contributed by atoms with Crippen LogP contribution in [0.15, 0.2) is 36.7 Å². The second kappa shape index (κ2) is 8.17. The standard InChI is InChI=1S/C17H16ClFIN5O/c1-11-15(20)10-24(22-11)7-6-16(26)21-17-13(18)9-25(23-17)8-12-4-2-3-5-14(12)19/h2-5,9-10H,6-8H2,1H3,(H,21,23,26). The van der Waals surface area contributed by atoms with Gasteiger partial charge in [-0.1, -0.05) is 29.8 Å². The fraction of sp³-hybridized carbons (Fsp3) is 0.235. The van der Waals surface area contributed by atoms with E-state index in [9.17, 15) is 9.18 Å². The van der Waals surface area contributed by atoms with Crippen molar-refractivity contribution < 1.29 is 9.18 Å². The molecule has 0 spiro atoms. The van der Waals surface area contributed by atoms with Crippen molar-refractivity contribution in [1.82, 2.24) is 19.6 Å². The van der Waals surface area contributed by atoms with Gasteiger partial charge in [0.05, 0.1) is 15.8 Å². The summed E-state index contributed by atoms with van der Waals surface area (Å²) in [4.78, 5) is 12.1. The quantitative estimate of drug-likeness (QED) is 0.537. The summed E-state index contributed by atoms with van der Waals surface area (Å²) < 4.78 is 18.0. The molecule has 0 aliphatic rings. The number of benzene rings is 1. The summed E-state index contributed by atoms with van der Waals surface area (Å²) in [6.45, 7) is 2.61. The molecule has 0 aliphatic heterocycles. The predicted molar refractivity (Wildman–Crippen MR) is 106 cm³/mol. The third kappa shape index (κ3) is 4.61. The summed E-state index contributed by atoms with van der Waals surface area (Å²) in [5.41, 5.74) is 1.43. The zero-order valence-electron chi connectivity index (χ0n) is 13.9. The van der Waals surface area contributed by atoms with Crippen LogP contribution in [0, 0.1) is 16.3 Å². The zero-order valence-corrected chi connectivity index (χ0v) is 16.8. The fourth-order valence-electron chi connectivity index (χ4n) is 2.38. The highest BCUT2D eigenvalue weighted by Gasteiger charge is 2.12. The number of hydrogen-bond acceptors (Lipinski definition) is 3. The predicted octanol–water partition coefficient (Wildman–Crippen LogP) is 3.86. The van der Waals surface area contributed by atoms with Crippen LogP contribution in [0.3, 0.4) is 0 Å². The number of amides is 1. The van der Waals surface area contributed by atoms with Gasteiger partial charge < -0.3 is 5.32 Å². The lowest BCUT2D eigenvalue weighted by atomic mass is 10.2. The molecule has 2 heterocycles. The monoisotopic (exact) mass is 487 g/mol. The SMILES string of the molecule is Cc1nn(CCC(=O)Nc2nn(Cc3ccccc3F)cc2Cl)cc1I. The third-order valence-corrected chi connectivity index (χ3v) is 5.06. The molecule has 0 unspecified atom stereocenters. The Balaban J connectivity index is 1.60. The molecular weight excluding hydrogens is 472 g/mol. The molecule has 3 rings (SSSR count). The van der Waals surface area contributed by atoms with Gasteiger partial charge in [-0.3, -0.25) is 14.2 Å². The maximum Gasteiger partial charge on any atom is 0.227 e. The third-order valence-electron chi connectivity index (χ3n) is 3.72. The number of carbonyl (C=O) groups excluding carboxylic acids is 1. The Morgan fingerprint density at radius 3 is 2.73 bits per heavy atom. The number of rotatable bonds is 6. The summed E-state index contributed by atoms with van der Waals surface area (Å²) in [6, 6.07) is 6.45. The van der Waals surface area contributed by atoms with Gasteiger partial charge in [-0.05, 0) is 35.6 Å². The molecule has 26 heavy (non-hydrogen) atoms. The summed E-state index contributed by atoms with van der Waals surface area (Å²) in [5, 5.41) is 11.5. The van der Waals surface area contributed by atoms with E-state index >= 15 is 0 Å². The molecule has 0 saturated heterocycles. The Morgan fingerprint density at radius 2 is 2.04 bits per heavy atom. The van der Waals surface area contributed by atoms with E-state index in [2.05, 4.69) is 38.1 Å². The van der Waals surface area contributed by atoms with Crippen LogP contribution < -0.4 is 5.32 Å².